The molecule has 1 aliphatic rings. The fourth-order valence-corrected chi connectivity index (χ4v) is 2.50. The highest BCUT2D eigenvalue weighted by Crippen LogP contribution is 2.39. The van der Waals surface area contributed by atoms with Crippen LogP contribution in [0.2, 0.25) is 0 Å². The molecule has 1 atom stereocenters. The molecule has 4 heteroatoms. The van der Waals surface area contributed by atoms with Crippen molar-refractivity contribution in [2.75, 3.05) is 18.0 Å². The molecule has 2 rings (SSSR count). The van der Waals surface area contributed by atoms with Crippen molar-refractivity contribution in [1.82, 2.24) is 4.98 Å². The van der Waals surface area contributed by atoms with Gasteiger partial charge in [-0.15, -0.1) is 0 Å². The molecule has 0 radical (unpaired) electrons. The van der Waals surface area contributed by atoms with Crippen LogP contribution in [0.1, 0.15) is 20.3 Å². The largest absolute Gasteiger partial charge is 0.481 e. The molecule has 4 nitrogen and oxygen atoms in total. The molecular formula is C13H18N2O2. The highest BCUT2D eigenvalue weighted by Gasteiger charge is 2.47. The van der Waals surface area contributed by atoms with Crippen LogP contribution < -0.4 is 4.90 Å². The molecule has 1 N–H and O–H groups in total. The molecule has 2 heterocycles. The highest BCUT2D eigenvalue weighted by atomic mass is 16.4. The average Bonchev–Trinajstić information content (AvgIpc) is 2.76. The zero-order valence-electron chi connectivity index (χ0n) is 10.3. The second kappa shape index (κ2) is 4.35. The first-order valence-corrected chi connectivity index (χ1v) is 5.94. The van der Waals surface area contributed by atoms with Crippen LogP contribution in [0.5, 0.6) is 0 Å². The van der Waals surface area contributed by atoms with Gasteiger partial charge in [0.1, 0.15) is 0 Å². The number of hydrogen-bond acceptors (Lipinski definition) is 3. The van der Waals surface area contributed by atoms with E-state index in [0.29, 0.717) is 13.0 Å². The molecule has 92 valence electrons. The molecule has 1 fully saturated rings. The van der Waals surface area contributed by atoms with Crippen LogP contribution in [-0.2, 0) is 4.79 Å². The summed E-state index contributed by atoms with van der Waals surface area (Å²) in [6.07, 6.45) is 4.19. The maximum absolute atomic E-state index is 11.5. The van der Waals surface area contributed by atoms with Crippen LogP contribution in [0.3, 0.4) is 0 Å². The zero-order chi connectivity index (χ0) is 12.5. The van der Waals surface area contributed by atoms with E-state index in [4.69, 9.17) is 0 Å². The number of aliphatic carboxylic acids is 1. The SMILES string of the molecule is CC(C)C1(C(=O)O)CCN(c2ccncc2)C1. The lowest BCUT2D eigenvalue weighted by molar-refractivity contribution is -0.150. The van der Waals surface area contributed by atoms with E-state index in [1.807, 2.05) is 26.0 Å². The summed E-state index contributed by atoms with van der Waals surface area (Å²) in [4.78, 5) is 17.6. The molecule has 1 unspecified atom stereocenters. The molecule has 0 aromatic carbocycles. The first kappa shape index (κ1) is 11.9. The number of nitrogens with zero attached hydrogens (tertiary/aromatic N) is 2. The van der Waals surface area contributed by atoms with Crippen molar-refractivity contribution in [2.45, 2.75) is 20.3 Å². The molecule has 1 aromatic rings. The van der Waals surface area contributed by atoms with Crippen LogP contribution in [-0.4, -0.2) is 29.1 Å². The van der Waals surface area contributed by atoms with E-state index < -0.39 is 11.4 Å². The average molecular weight is 234 g/mol. The second-order valence-electron chi connectivity index (χ2n) is 4.99. The van der Waals surface area contributed by atoms with E-state index >= 15 is 0 Å². The summed E-state index contributed by atoms with van der Waals surface area (Å²) in [5.41, 5.74) is 0.451. The van der Waals surface area contributed by atoms with Crippen molar-refractivity contribution in [2.24, 2.45) is 11.3 Å². The van der Waals surface area contributed by atoms with Gasteiger partial charge in [0.05, 0.1) is 5.41 Å². The lowest BCUT2D eigenvalue weighted by atomic mass is 9.76. The topological polar surface area (TPSA) is 53.4 Å². The molecule has 17 heavy (non-hydrogen) atoms. The number of carbonyl (C=O) groups is 1. The van der Waals surface area contributed by atoms with E-state index in [2.05, 4.69) is 9.88 Å². The summed E-state index contributed by atoms with van der Waals surface area (Å²) in [6.45, 7) is 5.37. The molecule has 1 saturated heterocycles. The van der Waals surface area contributed by atoms with Crippen LogP contribution in [0.4, 0.5) is 5.69 Å². The number of carboxylic acid groups (broad SMARTS) is 1. The van der Waals surface area contributed by atoms with Gasteiger partial charge in [-0.1, -0.05) is 13.8 Å². The van der Waals surface area contributed by atoms with Crippen LogP contribution in [0, 0.1) is 11.3 Å². The summed E-state index contributed by atoms with van der Waals surface area (Å²) in [5.74, 6) is -0.532. The van der Waals surface area contributed by atoms with E-state index in [9.17, 15) is 9.90 Å². The molecule has 0 amide bonds. The van der Waals surface area contributed by atoms with Gasteiger partial charge in [0.15, 0.2) is 0 Å². The monoisotopic (exact) mass is 234 g/mol. The lowest BCUT2D eigenvalue weighted by Gasteiger charge is -2.29. The summed E-state index contributed by atoms with van der Waals surface area (Å²) in [5, 5.41) is 9.46. The van der Waals surface area contributed by atoms with Gasteiger partial charge in [-0.2, -0.15) is 0 Å². The number of aromatic nitrogens is 1. The van der Waals surface area contributed by atoms with E-state index in [-0.39, 0.29) is 5.92 Å². The van der Waals surface area contributed by atoms with Crippen molar-refractivity contribution in [3.63, 3.8) is 0 Å². The molecule has 1 aromatic heterocycles. The Balaban J connectivity index is 2.21. The number of pyridine rings is 1. The minimum absolute atomic E-state index is 0.145. The fourth-order valence-electron chi connectivity index (χ4n) is 2.50. The third-order valence-corrected chi connectivity index (χ3v) is 3.86. The van der Waals surface area contributed by atoms with Gasteiger partial charge >= 0.3 is 5.97 Å². The smallest absolute Gasteiger partial charge is 0.311 e. The third-order valence-electron chi connectivity index (χ3n) is 3.86. The third kappa shape index (κ3) is 1.99. The second-order valence-corrected chi connectivity index (χ2v) is 4.99. The normalized spacial score (nSPS) is 24.3. The van der Waals surface area contributed by atoms with Crippen molar-refractivity contribution in [1.29, 1.82) is 0 Å². The van der Waals surface area contributed by atoms with Gasteiger partial charge < -0.3 is 10.0 Å². The summed E-state index contributed by atoms with van der Waals surface area (Å²) in [6, 6.07) is 3.86. The first-order valence-electron chi connectivity index (χ1n) is 5.94. The van der Waals surface area contributed by atoms with Crippen molar-refractivity contribution in [3.8, 4) is 0 Å². The Labute approximate surface area is 101 Å². The Morgan fingerprint density at radius 3 is 2.59 bits per heavy atom. The molecule has 0 bridgehead atoms. The fraction of sp³-hybridized carbons (Fsp3) is 0.538. The van der Waals surface area contributed by atoms with Crippen LogP contribution in [0.15, 0.2) is 24.5 Å². The van der Waals surface area contributed by atoms with Gasteiger partial charge in [0.25, 0.3) is 0 Å². The van der Waals surface area contributed by atoms with Crippen LogP contribution >= 0.6 is 0 Å². The van der Waals surface area contributed by atoms with E-state index in [1.54, 1.807) is 12.4 Å². The Kier molecular flexibility index (Phi) is 3.05. The first-order chi connectivity index (χ1) is 8.06. The van der Waals surface area contributed by atoms with Crippen molar-refractivity contribution in [3.05, 3.63) is 24.5 Å². The summed E-state index contributed by atoms with van der Waals surface area (Å²) < 4.78 is 0. The standard InChI is InChI=1S/C13H18N2O2/c1-10(2)13(12(16)17)5-8-15(9-13)11-3-6-14-7-4-11/h3-4,6-7,10H,5,8-9H2,1-2H3,(H,16,17). The Hall–Kier alpha value is -1.58. The Morgan fingerprint density at radius 2 is 2.12 bits per heavy atom. The molecular weight excluding hydrogens is 216 g/mol. The number of carboxylic acids is 1. The quantitative estimate of drug-likeness (QED) is 0.869. The lowest BCUT2D eigenvalue weighted by Crippen LogP contribution is -2.39. The summed E-state index contributed by atoms with van der Waals surface area (Å²) in [7, 11) is 0. The number of hydrogen-bond donors (Lipinski definition) is 1. The van der Waals surface area contributed by atoms with Gasteiger partial charge in [-0.3, -0.25) is 9.78 Å². The molecule has 0 spiro atoms. The maximum Gasteiger partial charge on any atom is 0.311 e. The minimum Gasteiger partial charge on any atom is -0.481 e. The summed E-state index contributed by atoms with van der Waals surface area (Å²) >= 11 is 0. The van der Waals surface area contributed by atoms with Gasteiger partial charge in [-0.05, 0) is 24.5 Å². The van der Waals surface area contributed by atoms with E-state index in [1.165, 1.54) is 0 Å². The van der Waals surface area contributed by atoms with Crippen molar-refractivity contribution >= 4 is 11.7 Å². The Bertz CT molecular complexity index is 405. The number of rotatable bonds is 3. The van der Waals surface area contributed by atoms with Crippen LogP contribution in [0.25, 0.3) is 0 Å². The van der Waals surface area contributed by atoms with Crippen molar-refractivity contribution < 1.29 is 9.90 Å². The maximum atomic E-state index is 11.5. The van der Waals surface area contributed by atoms with Gasteiger partial charge in [-0.25, -0.2) is 0 Å². The zero-order valence-corrected chi connectivity index (χ0v) is 10.3. The van der Waals surface area contributed by atoms with Gasteiger partial charge in [0.2, 0.25) is 0 Å². The Morgan fingerprint density at radius 1 is 1.47 bits per heavy atom. The minimum atomic E-state index is -0.677. The molecule has 0 aliphatic carbocycles. The van der Waals surface area contributed by atoms with E-state index in [0.717, 1.165) is 12.2 Å². The molecule has 1 aliphatic heterocycles. The highest BCUT2D eigenvalue weighted by molar-refractivity contribution is 5.77. The van der Waals surface area contributed by atoms with Gasteiger partial charge in [0, 0.05) is 31.2 Å². The predicted molar refractivity (Wildman–Crippen MR) is 66.0 cm³/mol. The number of anilines is 1. The molecule has 0 saturated carbocycles. The predicted octanol–water partition coefficient (Wildman–Crippen LogP) is 2.02.